The molecule has 1 atom stereocenters. The van der Waals surface area contributed by atoms with Gasteiger partial charge in [0.25, 0.3) is 0 Å². The van der Waals surface area contributed by atoms with Crippen molar-refractivity contribution in [2.75, 3.05) is 6.54 Å². The molecule has 0 saturated heterocycles. The summed E-state index contributed by atoms with van der Waals surface area (Å²) in [4.78, 5) is 12.2. The molecule has 1 saturated carbocycles. The minimum Gasteiger partial charge on any atom is -0.355 e. The molecule has 0 spiro atoms. The van der Waals surface area contributed by atoms with Crippen LogP contribution in [0.4, 0.5) is 0 Å². The van der Waals surface area contributed by atoms with Gasteiger partial charge in [-0.15, -0.1) is 12.4 Å². The number of benzene rings is 2. The molecule has 0 heterocycles. The van der Waals surface area contributed by atoms with Crippen LogP contribution >= 0.6 is 24.0 Å². The van der Waals surface area contributed by atoms with Crippen LogP contribution in [0.5, 0.6) is 0 Å². The molecule has 0 aromatic heterocycles. The van der Waals surface area contributed by atoms with Gasteiger partial charge in [-0.1, -0.05) is 54.1 Å². The Kier molecular flexibility index (Phi) is 6.27. The molecule has 1 amide bonds. The van der Waals surface area contributed by atoms with Gasteiger partial charge < -0.3 is 11.1 Å². The number of nitrogens with one attached hydrogen (secondary N) is 1. The van der Waals surface area contributed by atoms with Crippen molar-refractivity contribution < 1.29 is 4.79 Å². The van der Waals surface area contributed by atoms with Crippen molar-refractivity contribution in [3.8, 4) is 0 Å². The summed E-state index contributed by atoms with van der Waals surface area (Å²) < 4.78 is 0. The number of rotatable bonds is 6. The van der Waals surface area contributed by atoms with Gasteiger partial charge in [-0.05, 0) is 36.1 Å². The Balaban J connectivity index is 0.00000208. The van der Waals surface area contributed by atoms with Crippen molar-refractivity contribution in [2.24, 2.45) is 5.73 Å². The lowest BCUT2D eigenvalue weighted by atomic mass is 9.96. The lowest BCUT2D eigenvalue weighted by Crippen LogP contribution is -2.34. The predicted octanol–water partition coefficient (Wildman–Crippen LogP) is 4.00. The highest BCUT2D eigenvalue weighted by Gasteiger charge is 2.44. The van der Waals surface area contributed by atoms with Crippen LogP contribution in [0.25, 0.3) is 0 Å². The molecule has 0 bridgehead atoms. The van der Waals surface area contributed by atoms with E-state index in [0.717, 1.165) is 23.4 Å². The zero-order valence-corrected chi connectivity index (χ0v) is 14.9. The number of halogens is 2. The average molecular weight is 365 g/mol. The van der Waals surface area contributed by atoms with Gasteiger partial charge in [-0.3, -0.25) is 4.79 Å². The van der Waals surface area contributed by atoms with Gasteiger partial charge in [-0.25, -0.2) is 0 Å². The Morgan fingerprint density at radius 3 is 2.33 bits per heavy atom. The molecular weight excluding hydrogens is 343 g/mol. The van der Waals surface area contributed by atoms with Gasteiger partial charge in [0.2, 0.25) is 5.91 Å². The summed E-state index contributed by atoms with van der Waals surface area (Å²) in [5.74, 6) is 0.00147. The summed E-state index contributed by atoms with van der Waals surface area (Å²) >= 11 is 5.94. The maximum absolute atomic E-state index is 12.2. The normalized spacial score (nSPS) is 15.9. The Hall–Kier alpha value is -1.55. The number of carbonyl (C=O) groups is 1. The van der Waals surface area contributed by atoms with Crippen molar-refractivity contribution in [3.05, 3.63) is 70.7 Å². The maximum Gasteiger partial charge on any atom is 0.221 e. The molecule has 1 unspecified atom stereocenters. The van der Waals surface area contributed by atoms with E-state index in [1.54, 1.807) is 0 Å². The molecule has 1 aliphatic rings. The molecular formula is C19H22Cl2N2O. The minimum absolute atomic E-state index is 0. The summed E-state index contributed by atoms with van der Waals surface area (Å²) in [6, 6.07) is 17.4. The van der Waals surface area contributed by atoms with E-state index in [9.17, 15) is 4.79 Å². The molecule has 24 heavy (non-hydrogen) atoms. The van der Waals surface area contributed by atoms with Crippen LogP contribution in [0.2, 0.25) is 5.02 Å². The minimum atomic E-state index is -0.262. The Bertz CT molecular complexity index is 670. The Morgan fingerprint density at radius 2 is 1.75 bits per heavy atom. The SMILES string of the molecule is Cl.NC(CC(=O)NCC1(c2ccc(Cl)cc2)CC1)c1ccccc1. The van der Waals surface area contributed by atoms with E-state index in [-0.39, 0.29) is 29.8 Å². The first-order valence-electron chi connectivity index (χ1n) is 7.92. The number of nitrogens with two attached hydrogens (primary N) is 1. The molecule has 1 aliphatic carbocycles. The van der Waals surface area contributed by atoms with E-state index < -0.39 is 0 Å². The summed E-state index contributed by atoms with van der Waals surface area (Å²) in [7, 11) is 0. The quantitative estimate of drug-likeness (QED) is 0.813. The van der Waals surface area contributed by atoms with Gasteiger partial charge in [0.05, 0.1) is 0 Å². The van der Waals surface area contributed by atoms with E-state index in [4.69, 9.17) is 17.3 Å². The van der Waals surface area contributed by atoms with Crippen molar-refractivity contribution >= 4 is 29.9 Å². The highest BCUT2D eigenvalue weighted by molar-refractivity contribution is 6.30. The van der Waals surface area contributed by atoms with Crippen molar-refractivity contribution in [2.45, 2.75) is 30.7 Å². The van der Waals surface area contributed by atoms with Crippen molar-refractivity contribution in [1.82, 2.24) is 5.32 Å². The Morgan fingerprint density at radius 1 is 1.12 bits per heavy atom. The van der Waals surface area contributed by atoms with Gasteiger partial charge in [0.15, 0.2) is 0 Å². The fourth-order valence-corrected chi connectivity index (χ4v) is 3.01. The number of hydrogen-bond donors (Lipinski definition) is 2. The molecule has 1 fully saturated rings. The molecule has 0 aliphatic heterocycles. The number of hydrogen-bond acceptors (Lipinski definition) is 2. The summed E-state index contributed by atoms with van der Waals surface area (Å²) in [6.45, 7) is 0.662. The lowest BCUT2D eigenvalue weighted by molar-refractivity contribution is -0.121. The van der Waals surface area contributed by atoms with Crippen LogP contribution in [-0.4, -0.2) is 12.5 Å². The lowest BCUT2D eigenvalue weighted by Gasteiger charge is -2.18. The summed E-state index contributed by atoms with van der Waals surface area (Å²) in [6.07, 6.45) is 2.50. The molecule has 128 valence electrons. The highest BCUT2D eigenvalue weighted by atomic mass is 35.5. The second-order valence-corrected chi connectivity index (χ2v) is 6.72. The zero-order chi connectivity index (χ0) is 16.3. The van der Waals surface area contributed by atoms with Crippen molar-refractivity contribution in [3.63, 3.8) is 0 Å². The van der Waals surface area contributed by atoms with Crippen LogP contribution in [-0.2, 0) is 10.2 Å². The van der Waals surface area contributed by atoms with Crippen LogP contribution in [0.15, 0.2) is 54.6 Å². The number of amides is 1. The van der Waals surface area contributed by atoms with Crippen molar-refractivity contribution in [1.29, 1.82) is 0 Å². The molecule has 5 heteroatoms. The third kappa shape index (κ3) is 4.50. The zero-order valence-electron chi connectivity index (χ0n) is 13.4. The molecule has 3 N–H and O–H groups in total. The molecule has 0 radical (unpaired) electrons. The van der Waals surface area contributed by atoms with E-state index in [1.165, 1.54) is 5.56 Å². The maximum atomic E-state index is 12.2. The second-order valence-electron chi connectivity index (χ2n) is 6.29. The van der Waals surface area contributed by atoms with Gasteiger partial charge >= 0.3 is 0 Å². The third-order valence-corrected chi connectivity index (χ3v) is 4.82. The largest absolute Gasteiger partial charge is 0.355 e. The van der Waals surface area contributed by atoms with E-state index in [1.807, 2.05) is 42.5 Å². The fourth-order valence-electron chi connectivity index (χ4n) is 2.88. The average Bonchev–Trinajstić information content (AvgIpc) is 3.35. The molecule has 2 aromatic rings. The molecule has 2 aromatic carbocycles. The Labute approximate surface area is 154 Å². The molecule has 3 nitrogen and oxygen atoms in total. The topological polar surface area (TPSA) is 55.1 Å². The standard InChI is InChI=1S/C19H21ClN2O.ClH/c20-16-8-6-15(7-9-16)19(10-11-19)13-22-18(23)12-17(21)14-4-2-1-3-5-14;/h1-9,17H,10-13,21H2,(H,22,23);1H. The number of carbonyl (C=O) groups excluding carboxylic acids is 1. The monoisotopic (exact) mass is 364 g/mol. The summed E-state index contributed by atoms with van der Waals surface area (Å²) in [5.41, 5.74) is 8.42. The second kappa shape index (κ2) is 8.02. The predicted molar refractivity (Wildman–Crippen MR) is 101 cm³/mol. The smallest absolute Gasteiger partial charge is 0.221 e. The summed E-state index contributed by atoms with van der Waals surface area (Å²) in [5, 5.41) is 3.79. The van der Waals surface area contributed by atoms with Crippen LogP contribution in [0.3, 0.4) is 0 Å². The van der Waals surface area contributed by atoms with Gasteiger partial charge in [-0.2, -0.15) is 0 Å². The first kappa shape index (κ1) is 18.8. The first-order valence-corrected chi connectivity index (χ1v) is 8.30. The van der Waals surface area contributed by atoms with E-state index in [2.05, 4.69) is 17.4 Å². The fraction of sp³-hybridized carbons (Fsp3) is 0.316. The molecule has 3 rings (SSSR count). The van der Waals surface area contributed by atoms with E-state index in [0.29, 0.717) is 13.0 Å². The van der Waals surface area contributed by atoms with Gasteiger partial charge in [0.1, 0.15) is 0 Å². The van der Waals surface area contributed by atoms with E-state index >= 15 is 0 Å². The first-order chi connectivity index (χ1) is 11.1. The highest BCUT2D eigenvalue weighted by Crippen LogP contribution is 2.47. The van der Waals surface area contributed by atoms with Crippen LogP contribution in [0.1, 0.15) is 36.4 Å². The van der Waals surface area contributed by atoms with Crippen LogP contribution < -0.4 is 11.1 Å². The van der Waals surface area contributed by atoms with Crippen LogP contribution in [0, 0.1) is 0 Å². The third-order valence-electron chi connectivity index (χ3n) is 4.57. The van der Waals surface area contributed by atoms with Gasteiger partial charge in [0, 0.05) is 29.4 Å².